The van der Waals surface area contributed by atoms with Crippen LogP contribution in [0.2, 0.25) is 5.02 Å². The molecule has 0 spiro atoms. The molecule has 0 aliphatic heterocycles. The molecule has 0 fully saturated rings. The monoisotopic (exact) mass is 287 g/mol. The Morgan fingerprint density at radius 2 is 1.68 bits per heavy atom. The van der Waals surface area contributed by atoms with Crippen LogP contribution in [0.4, 0.5) is 18.9 Å². The highest BCUT2D eigenvalue weighted by Crippen LogP contribution is 2.41. The van der Waals surface area contributed by atoms with Gasteiger partial charge in [0.1, 0.15) is 5.75 Å². The SMILES string of the molecule is Nc1cccc(Cl)c1Oc1ccccc1C(F)(F)F. The number of hydrogen-bond donors (Lipinski definition) is 1. The van der Waals surface area contributed by atoms with Gasteiger partial charge in [-0.25, -0.2) is 0 Å². The van der Waals surface area contributed by atoms with Crippen LogP contribution in [0.15, 0.2) is 42.5 Å². The number of nitrogen functional groups attached to an aromatic ring is 1. The Morgan fingerprint density at radius 3 is 2.32 bits per heavy atom. The van der Waals surface area contributed by atoms with Crippen molar-refractivity contribution in [3.8, 4) is 11.5 Å². The summed E-state index contributed by atoms with van der Waals surface area (Å²) in [5.74, 6) is -0.323. The second kappa shape index (κ2) is 5.01. The van der Waals surface area contributed by atoms with Gasteiger partial charge in [-0.1, -0.05) is 29.8 Å². The molecule has 0 amide bonds. The van der Waals surface area contributed by atoms with E-state index in [1.807, 2.05) is 0 Å². The van der Waals surface area contributed by atoms with Gasteiger partial charge in [-0.2, -0.15) is 13.2 Å². The topological polar surface area (TPSA) is 35.2 Å². The lowest BCUT2D eigenvalue weighted by Gasteiger charge is -2.15. The van der Waals surface area contributed by atoms with Crippen LogP contribution in [0.3, 0.4) is 0 Å². The first-order valence-electron chi connectivity index (χ1n) is 5.27. The van der Waals surface area contributed by atoms with Crippen LogP contribution in [-0.4, -0.2) is 0 Å². The summed E-state index contributed by atoms with van der Waals surface area (Å²) in [7, 11) is 0. The summed E-state index contributed by atoms with van der Waals surface area (Å²) in [6.45, 7) is 0. The number of para-hydroxylation sites is 2. The Labute approximate surface area is 112 Å². The number of benzene rings is 2. The van der Waals surface area contributed by atoms with E-state index in [0.717, 1.165) is 6.07 Å². The van der Waals surface area contributed by atoms with Crippen molar-refractivity contribution in [3.05, 3.63) is 53.1 Å². The van der Waals surface area contributed by atoms with Crippen molar-refractivity contribution >= 4 is 17.3 Å². The molecular weight excluding hydrogens is 279 g/mol. The lowest BCUT2D eigenvalue weighted by Crippen LogP contribution is -2.07. The molecule has 6 heteroatoms. The molecule has 19 heavy (non-hydrogen) atoms. The number of ether oxygens (including phenoxy) is 1. The molecule has 0 aliphatic rings. The van der Waals surface area contributed by atoms with E-state index in [0.29, 0.717) is 0 Å². The molecular formula is C13H9ClF3NO. The largest absolute Gasteiger partial charge is 0.453 e. The van der Waals surface area contributed by atoms with Crippen molar-refractivity contribution in [2.24, 2.45) is 0 Å². The summed E-state index contributed by atoms with van der Waals surface area (Å²) < 4.78 is 43.6. The van der Waals surface area contributed by atoms with E-state index in [1.165, 1.54) is 30.3 Å². The van der Waals surface area contributed by atoms with Gasteiger partial charge in [-0.15, -0.1) is 0 Å². The number of hydrogen-bond acceptors (Lipinski definition) is 2. The molecule has 2 nitrogen and oxygen atoms in total. The molecule has 0 bridgehead atoms. The first kappa shape index (κ1) is 13.5. The quantitative estimate of drug-likeness (QED) is 0.810. The Bertz CT molecular complexity index is 578. The van der Waals surface area contributed by atoms with Gasteiger partial charge in [0.2, 0.25) is 0 Å². The summed E-state index contributed by atoms with van der Waals surface area (Å²) in [6, 6.07) is 9.44. The number of nitrogens with two attached hydrogens (primary N) is 1. The van der Waals surface area contributed by atoms with E-state index >= 15 is 0 Å². The van der Waals surface area contributed by atoms with Gasteiger partial charge < -0.3 is 10.5 Å². The fraction of sp³-hybridized carbons (Fsp3) is 0.0769. The third-order valence-electron chi connectivity index (χ3n) is 2.40. The number of halogens is 4. The van der Waals surface area contributed by atoms with Crippen LogP contribution in [0.5, 0.6) is 11.5 Å². The lowest BCUT2D eigenvalue weighted by molar-refractivity contribution is -0.138. The second-order valence-corrected chi connectivity index (χ2v) is 4.16. The van der Waals surface area contributed by atoms with Gasteiger partial charge in [-0.05, 0) is 24.3 Å². The smallest absolute Gasteiger partial charge is 0.419 e. The fourth-order valence-corrected chi connectivity index (χ4v) is 1.75. The van der Waals surface area contributed by atoms with Gasteiger partial charge in [-0.3, -0.25) is 0 Å². The summed E-state index contributed by atoms with van der Waals surface area (Å²) in [5, 5.41) is 0.150. The maximum Gasteiger partial charge on any atom is 0.419 e. The maximum atomic E-state index is 12.8. The van der Waals surface area contributed by atoms with Crippen LogP contribution in [0.25, 0.3) is 0 Å². The minimum atomic E-state index is -4.51. The molecule has 100 valence electrons. The molecule has 2 aromatic carbocycles. The van der Waals surface area contributed by atoms with E-state index in [2.05, 4.69) is 0 Å². The zero-order chi connectivity index (χ0) is 14.0. The minimum absolute atomic E-state index is 0.0147. The highest BCUT2D eigenvalue weighted by Gasteiger charge is 2.34. The zero-order valence-corrected chi connectivity index (χ0v) is 10.3. The molecule has 0 radical (unpaired) electrons. The number of alkyl halides is 3. The predicted molar refractivity (Wildman–Crippen MR) is 67.4 cm³/mol. The molecule has 0 saturated carbocycles. The first-order chi connectivity index (χ1) is 8.89. The van der Waals surface area contributed by atoms with Crippen LogP contribution in [0.1, 0.15) is 5.56 Å². The third-order valence-corrected chi connectivity index (χ3v) is 2.70. The van der Waals surface area contributed by atoms with Gasteiger partial charge in [0.05, 0.1) is 16.3 Å². The van der Waals surface area contributed by atoms with E-state index in [4.69, 9.17) is 22.1 Å². The van der Waals surface area contributed by atoms with E-state index in [1.54, 1.807) is 6.07 Å². The fourth-order valence-electron chi connectivity index (χ4n) is 1.53. The second-order valence-electron chi connectivity index (χ2n) is 3.75. The lowest BCUT2D eigenvalue weighted by atomic mass is 10.2. The molecule has 0 saturated heterocycles. The molecule has 0 aromatic heterocycles. The normalized spacial score (nSPS) is 11.4. The molecule has 2 N–H and O–H groups in total. The van der Waals surface area contributed by atoms with Crippen LogP contribution in [-0.2, 0) is 6.18 Å². The number of rotatable bonds is 2. The van der Waals surface area contributed by atoms with E-state index in [9.17, 15) is 13.2 Å². The van der Waals surface area contributed by atoms with Crippen molar-refractivity contribution in [3.63, 3.8) is 0 Å². The van der Waals surface area contributed by atoms with Crippen molar-refractivity contribution < 1.29 is 17.9 Å². The van der Waals surface area contributed by atoms with E-state index < -0.39 is 11.7 Å². The third kappa shape index (κ3) is 2.93. The van der Waals surface area contributed by atoms with Gasteiger partial charge >= 0.3 is 6.18 Å². The Hall–Kier alpha value is -1.88. The Morgan fingerprint density at radius 1 is 1.00 bits per heavy atom. The van der Waals surface area contributed by atoms with Gasteiger partial charge in [0, 0.05) is 0 Å². The number of anilines is 1. The molecule has 0 atom stereocenters. The average Bonchev–Trinajstić information content (AvgIpc) is 2.33. The predicted octanol–water partition coefficient (Wildman–Crippen LogP) is 4.73. The highest BCUT2D eigenvalue weighted by molar-refractivity contribution is 6.32. The molecule has 2 rings (SSSR count). The van der Waals surface area contributed by atoms with Crippen molar-refractivity contribution in [1.29, 1.82) is 0 Å². The molecule has 2 aromatic rings. The van der Waals surface area contributed by atoms with Crippen molar-refractivity contribution in [2.45, 2.75) is 6.18 Å². The zero-order valence-electron chi connectivity index (χ0n) is 9.54. The first-order valence-corrected chi connectivity index (χ1v) is 5.65. The Kier molecular flexibility index (Phi) is 3.57. The summed E-state index contributed by atoms with van der Waals surface area (Å²) in [6.07, 6.45) is -4.51. The van der Waals surface area contributed by atoms with Crippen LogP contribution < -0.4 is 10.5 Å². The average molecular weight is 288 g/mol. The summed E-state index contributed by atoms with van der Waals surface area (Å²) >= 11 is 5.86. The van der Waals surface area contributed by atoms with Crippen LogP contribution >= 0.6 is 11.6 Å². The van der Waals surface area contributed by atoms with E-state index in [-0.39, 0.29) is 22.2 Å². The highest BCUT2D eigenvalue weighted by atomic mass is 35.5. The van der Waals surface area contributed by atoms with Crippen molar-refractivity contribution in [1.82, 2.24) is 0 Å². The standard InChI is InChI=1S/C13H9ClF3NO/c14-9-5-3-6-10(18)12(9)19-11-7-2-1-4-8(11)13(15,16)17/h1-7H,18H2. The molecule has 0 unspecified atom stereocenters. The van der Waals surface area contributed by atoms with Gasteiger partial charge in [0.15, 0.2) is 5.75 Å². The van der Waals surface area contributed by atoms with Crippen molar-refractivity contribution in [2.75, 3.05) is 5.73 Å². The Balaban J connectivity index is 2.45. The summed E-state index contributed by atoms with van der Waals surface area (Å²) in [5.41, 5.74) is 4.93. The maximum absolute atomic E-state index is 12.8. The molecule has 0 heterocycles. The summed E-state index contributed by atoms with van der Waals surface area (Å²) in [4.78, 5) is 0. The molecule has 0 aliphatic carbocycles. The minimum Gasteiger partial charge on any atom is -0.453 e. The van der Waals surface area contributed by atoms with Gasteiger partial charge in [0.25, 0.3) is 0 Å². The van der Waals surface area contributed by atoms with Crippen LogP contribution in [0, 0.1) is 0 Å².